The van der Waals surface area contributed by atoms with Gasteiger partial charge in [0.25, 0.3) is 0 Å². The third-order valence-electron chi connectivity index (χ3n) is 2.16. The number of hydrogen-bond donors (Lipinski definition) is 2. The smallest absolute Gasteiger partial charge is 0.226 e. The van der Waals surface area contributed by atoms with Crippen molar-refractivity contribution in [2.24, 2.45) is 0 Å². The number of anilines is 1. The van der Waals surface area contributed by atoms with Gasteiger partial charge in [-0.05, 0) is 14.1 Å². The molecule has 1 aromatic heterocycles. The third kappa shape index (κ3) is 6.53. The van der Waals surface area contributed by atoms with Crippen molar-refractivity contribution in [2.45, 2.75) is 6.42 Å². The highest BCUT2D eigenvalue weighted by atomic mass is 32.1. The monoisotopic (exact) mass is 272 g/mol. The minimum Gasteiger partial charge on any atom is -0.378 e. The Balaban J connectivity index is 2.03. The van der Waals surface area contributed by atoms with Crippen LogP contribution in [0.1, 0.15) is 5.69 Å². The number of ether oxygens (including phenoxy) is 1. The number of nitrogens with two attached hydrogens (primary N) is 1. The molecular weight excluding hydrogens is 252 g/mol. The van der Waals surface area contributed by atoms with E-state index in [1.165, 1.54) is 11.3 Å². The van der Waals surface area contributed by atoms with Crippen LogP contribution in [0, 0.1) is 0 Å². The summed E-state index contributed by atoms with van der Waals surface area (Å²) >= 11 is 1.34. The molecule has 0 radical (unpaired) electrons. The van der Waals surface area contributed by atoms with Crippen LogP contribution in [0.25, 0.3) is 0 Å². The number of likely N-dealkylation sites (N-methyl/N-ethyl adjacent to an activating group) is 1. The second-order valence-electron chi connectivity index (χ2n) is 4.12. The van der Waals surface area contributed by atoms with Crippen molar-refractivity contribution in [1.82, 2.24) is 15.2 Å². The van der Waals surface area contributed by atoms with E-state index in [1.807, 2.05) is 19.0 Å². The Morgan fingerprint density at radius 3 is 2.94 bits per heavy atom. The Morgan fingerprint density at radius 1 is 1.56 bits per heavy atom. The molecule has 0 aromatic carbocycles. The molecule has 3 N–H and O–H groups in total. The Labute approximate surface area is 111 Å². The van der Waals surface area contributed by atoms with Gasteiger partial charge in [-0.2, -0.15) is 0 Å². The maximum atomic E-state index is 11.5. The van der Waals surface area contributed by atoms with Crippen molar-refractivity contribution in [3.05, 3.63) is 11.1 Å². The zero-order valence-corrected chi connectivity index (χ0v) is 11.6. The molecule has 1 amide bonds. The van der Waals surface area contributed by atoms with Crippen LogP contribution < -0.4 is 11.1 Å². The number of hydrogen-bond acceptors (Lipinski definition) is 6. The molecule has 0 aliphatic heterocycles. The molecule has 1 aromatic rings. The molecule has 0 saturated heterocycles. The molecule has 1 rings (SSSR count). The Kier molecular flexibility index (Phi) is 6.63. The lowest BCUT2D eigenvalue weighted by molar-refractivity contribution is -0.120. The van der Waals surface area contributed by atoms with Gasteiger partial charge in [-0.1, -0.05) is 0 Å². The maximum absolute atomic E-state index is 11.5. The molecule has 0 bridgehead atoms. The van der Waals surface area contributed by atoms with Crippen LogP contribution in [0.5, 0.6) is 0 Å². The van der Waals surface area contributed by atoms with Crippen molar-refractivity contribution >= 4 is 22.4 Å². The summed E-state index contributed by atoms with van der Waals surface area (Å²) in [6.07, 6.45) is 0.269. The van der Waals surface area contributed by atoms with E-state index in [-0.39, 0.29) is 12.3 Å². The number of aromatic nitrogens is 1. The minimum absolute atomic E-state index is 0.0588. The Bertz CT molecular complexity index is 368. The molecule has 18 heavy (non-hydrogen) atoms. The highest BCUT2D eigenvalue weighted by Crippen LogP contribution is 2.10. The van der Waals surface area contributed by atoms with Gasteiger partial charge in [0.05, 0.1) is 25.3 Å². The molecule has 6 nitrogen and oxygen atoms in total. The largest absolute Gasteiger partial charge is 0.378 e. The van der Waals surface area contributed by atoms with Crippen LogP contribution in [-0.2, 0) is 16.0 Å². The summed E-state index contributed by atoms with van der Waals surface area (Å²) in [5, 5.41) is 5.06. The molecule has 0 saturated carbocycles. The zero-order valence-electron chi connectivity index (χ0n) is 10.8. The van der Waals surface area contributed by atoms with E-state index >= 15 is 0 Å². The molecule has 7 heteroatoms. The van der Waals surface area contributed by atoms with Gasteiger partial charge in [0.15, 0.2) is 5.13 Å². The number of nitrogens with zero attached hydrogens (tertiary/aromatic N) is 2. The lowest BCUT2D eigenvalue weighted by Gasteiger charge is -2.10. The molecule has 0 aliphatic rings. The summed E-state index contributed by atoms with van der Waals surface area (Å²) in [6.45, 7) is 2.60. The highest BCUT2D eigenvalue weighted by Gasteiger charge is 2.05. The second-order valence-corrected chi connectivity index (χ2v) is 5.01. The molecule has 0 fully saturated rings. The van der Waals surface area contributed by atoms with E-state index in [0.717, 1.165) is 6.54 Å². The Morgan fingerprint density at radius 2 is 2.33 bits per heavy atom. The van der Waals surface area contributed by atoms with Gasteiger partial charge in [-0.3, -0.25) is 4.79 Å². The van der Waals surface area contributed by atoms with Crippen molar-refractivity contribution in [1.29, 1.82) is 0 Å². The number of nitrogen functional groups attached to an aromatic ring is 1. The second kappa shape index (κ2) is 8.02. The van der Waals surface area contributed by atoms with Crippen LogP contribution in [-0.4, -0.2) is 56.2 Å². The van der Waals surface area contributed by atoms with E-state index < -0.39 is 0 Å². The maximum Gasteiger partial charge on any atom is 0.226 e. The third-order valence-corrected chi connectivity index (χ3v) is 2.89. The van der Waals surface area contributed by atoms with Crippen LogP contribution >= 0.6 is 11.3 Å². The molecule has 0 spiro atoms. The van der Waals surface area contributed by atoms with E-state index in [0.29, 0.717) is 30.6 Å². The van der Waals surface area contributed by atoms with E-state index in [9.17, 15) is 4.79 Å². The average molecular weight is 272 g/mol. The molecule has 1 heterocycles. The minimum atomic E-state index is -0.0588. The van der Waals surface area contributed by atoms with Crippen LogP contribution in [0.4, 0.5) is 5.13 Å². The molecule has 0 unspecified atom stereocenters. The number of carbonyl (C=O) groups excluding carboxylic acids is 1. The number of rotatable bonds is 8. The number of amides is 1. The first-order valence-electron chi connectivity index (χ1n) is 5.77. The summed E-state index contributed by atoms with van der Waals surface area (Å²) < 4.78 is 5.36. The van der Waals surface area contributed by atoms with Gasteiger partial charge in [-0.25, -0.2) is 4.98 Å². The standard InChI is InChI=1S/C11H20N4O2S/c1-15(2)4-6-17-5-3-13-10(16)7-9-8-18-11(12)14-9/h8H,3-7H2,1-2H3,(H2,12,14)(H,13,16). The van der Waals surface area contributed by atoms with Crippen LogP contribution in [0.15, 0.2) is 5.38 Å². The predicted octanol–water partition coefficient (Wildman–Crippen LogP) is -0.0378. The van der Waals surface area contributed by atoms with Crippen LogP contribution in [0.2, 0.25) is 0 Å². The van der Waals surface area contributed by atoms with Gasteiger partial charge >= 0.3 is 0 Å². The summed E-state index contributed by atoms with van der Waals surface area (Å²) in [4.78, 5) is 17.6. The summed E-state index contributed by atoms with van der Waals surface area (Å²) in [6, 6.07) is 0. The topological polar surface area (TPSA) is 80.5 Å². The molecule has 0 aliphatic carbocycles. The van der Waals surface area contributed by atoms with Crippen molar-refractivity contribution in [2.75, 3.05) is 46.1 Å². The number of carbonyl (C=O) groups is 1. The molecule has 102 valence electrons. The van der Waals surface area contributed by atoms with Gasteiger partial charge in [0.1, 0.15) is 0 Å². The zero-order chi connectivity index (χ0) is 13.4. The number of nitrogens with one attached hydrogen (secondary N) is 1. The highest BCUT2D eigenvalue weighted by molar-refractivity contribution is 7.13. The van der Waals surface area contributed by atoms with Crippen molar-refractivity contribution in [3.63, 3.8) is 0 Å². The fourth-order valence-corrected chi connectivity index (χ4v) is 1.81. The summed E-state index contributed by atoms with van der Waals surface area (Å²) in [5.74, 6) is -0.0588. The van der Waals surface area contributed by atoms with Gasteiger partial charge < -0.3 is 20.7 Å². The Hall–Kier alpha value is -1.18. The lowest BCUT2D eigenvalue weighted by atomic mass is 10.3. The first-order valence-corrected chi connectivity index (χ1v) is 6.65. The molecule has 0 atom stereocenters. The van der Waals surface area contributed by atoms with Gasteiger partial charge in [-0.15, -0.1) is 11.3 Å². The van der Waals surface area contributed by atoms with E-state index in [2.05, 4.69) is 10.3 Å². The van der Waals surface area contributed by atoms with E-state index in [1.54, 1.807) is 5.38 Å². The van der Waals surface area contributed by atoms with Gasteiger partial charge in [0.2, 0.25) is 5.91 Å². The fraction of sp³-hybridized carbons (Fsp3) is 0.636. The van der Waals surface area contributed by atoms with Crippen LogP contribution in [0.3, 0.4) is 0 Å². The normalized spacial score (nSPS) is 10.8. The first-order chi connectivity index (χ1) is 8.58. The lowest BCUT2D eigenvalue weighted by Crippen LogP contribution is -2.29. The van der Waals surface area contributed by atoms with Gasteiger partial charge in [0, 0.05) is 18.5 Å². The molecular formula is C11H20N4O2S. The summed E-state index contributed by atoms with van der Waals surface area (Å²) in [7, 11) is 3.98. The van der Waals surface area contributed by atoms with Crippen molar-refractivity contribution in [3.8, 4) is 0 Å². The summed E-state index contributed by atoms with van der Waals surface area (Å²) in [5.41, 5.74) is 6.20. The quantitative estimate of drug-likeness (QED) is 0.649. The first kappa shape index (κ1) is 14.9. The SMILES string of the molecule is CN(C)CCOCCNC(=O)Cc1csc(N)n1. The number of thiazole rings is 1. The average Bonchev–Trinajstić information content (AvgIpc) is 2.68. The predicted molar refractivity (Wildman–Crippen MR) is 72.6 cm³/mol. The van der Waals surface area contributed by atoms with E-state index in [4.69, 9.17) is 10.5 Å². The van der Waals surface area contributed by atoms with Crippen molar-refractivity contribution < 1.29 is 9.53 Å². The fourth-order valence-electron chi connectivity index (χ4n) is 1.24.